The first-order valence-corrected chi connectivity index (χ1v) is 5.57. The van der Waals surface area contributed by atoms with Gasteiger partial charge in [-0.1, -0.05) is 12.1 Å². The van der Waals surface area contributed by atoms with Gasteiger partial charge < -0.3 is 10.2 Å². The third kappa shape index (κ3) is 2.41. The lowest BCUT2D eigenvalue weighted by Crippen LogP contribution is -1.89. The molecule has 0 amide bonds. The molecule has 1 aromatic heterocycles. The standard InChI is InChI=1S/C12H10O3S/c13-9-3-1-2-8(6-9)7-10-4-5-11(16-10)12(14)15/h1-6,13H,7H2,(H,14,15). The molecule has 2 rings (SSSR count). The average molecular weight is 234 g/mol. The third-order valence-electron chi connectivity index (χ3n) is 2.16. The number of aromatic hydroxyl groups is 1. The molecule has 3 nitrogen and oxygen atoms in total. The van der Waals surface area contributed by atoms with Crippen LogP contribution in [0.1, 0.15) is 20.1 Å². The van der Waals surface area contributed by atoms with E-state index in [2.05, 4.69) is 0 Å². The SMILES string of the molecule is O=C(O)c1ccc(Cc2cccc(O)c2)s1. The van der Waals surface area contributed by atoms with Crippen molar-refractivity contribution in [1.29, 1.82) is 0 Å². The Balaban J connectivity index is 2.17. The molecule has 0 bridgehead atoms. The number of phenolic OH excluding ortho intramolecular Hbond substituents is 1. The highest BCUT2D eigenvalue weighted by Crippen LogP contribution is 2.21. The van der Waals surface area contributed by atoms with Crippen LogP contribution in [0.15, 0.2) is 36.4 Å². The minimum Gasteiger partial charge on any atom is -0.508 e. The summed E-state index contributed by atoms with van der Waals surface area (Å²) in [6.45, 7) is 0. The molecule has 0 aliphatic heterocycles. The Bertz CT molecular complexity index is 516. The Kier molecular flexibility index (Phi) is 2.92. The third-order valence-corrected chi connectivity index (χ3v) is 3.23. The number of thiophene rings is 1. The van der Waals surface area contributed by atoms with E-state index >= 15 is 0 Å². The summed E-state index contributed by atoms with van der Waals surface area (Å²) in [6, 6.07) is 10.4. The quantitative estimate of drug-likeness (QED) is 0.858. The number of phenols is 1. The highest BCUT2D eigenvalue weighted by molar-refractivity contribution is 7.13. The van der Waals surface area contributed by atoms with E-state index < -0.39 is 5.97 Å². The summed E-state index contributed by atoms with van der Waals surface area (Å²) in [5.74, 6) is -0.667. The lowest BCUT2D eigenvalue weighted by Gasteiger charge is -1.99. The summed E-state index contributed by atoms with van der Waals surface area (Å²) in [7, 11) is 0. The fourth-order valence-electron chi connectivity index (χ4n) is 1.46. The molecule has 16 heavy (non-hydrogen) atoms. The minimum absolute atomic E-state index is 0.229. The van der Waals surface area contributed by atoms with E-state index in [1.807, 2.05) is 6.07 Å². The number of rotatable bonds is 3. The second kappa shape index (κ2) is 4.37. The zero-order chi connectivity index (χ0) is 11.5. The molecule has 0 unspecified atom stereocenters. The van der Waals surface area contributed by atoms with Crippen molar-refractivity contribution in [2.24, 2.45) is 0 Å². The fraction of sp³-hybridized carbons (Fsp3) is 0.0833. The van der Waals surface area contributed by atoms with Crippen LogP contribution >= 0.6 is 11.3 Å². The van der Waals surface area contributed by atoms with Crippen molar-refractivity contribution in [2.45, 2.75) is 6.42 Å². The van der Waals surface area contributed by atoms with Gasteiger partial charge in [-0.2, -0.15) is 0 Å². The molecule has 82 valence electrons. The van der Waals surface area contributed by atoms with Crippen molar-refractivity contribution in [3.05, 3.63) is 51.7 Å². The zero-order valence-electron chi connectivity index (χ0n) is 8.38. The molecule has 1 aromatic carbocycles. The van der Waals surface area contributed by atoms with Gasteiger partial charge in [0, 0.05) is 11.3 Å². The maximum atomic E-state index is 10.7. The molecular formula is C12H10O3S. The van der Waals surface area contributed by atoms with E-state index in [1.165, 1.54) is 11.3 Å². The van der Waals surface area contributed by atoms with Crippen LogP contribution in [0, 0.1) is 0 Å². The van der Waals surface area contributed by atoms with E-state index in [0.717, 1.165) is 10.4 Å². The van der Waals surface area contributed by atoms with Gasteiger partial charge in [0.15, 0.2) is 0 Å². The first-order chi connectivity index (χ1) is 7.65. The second-order valence-corrected chi connectivity index (χ2v) is 4.59. The lowest BCUT2D eigenvalue weighted by atomic mass is 10.1. The van der Waals surface area contributed by atoms with Crippen molar-refractivity contribution >= 4 is 17.3 Å². The van der Waals surface area contributed by atoms with E-state index in [0.29, 0.717) is 11.3 Å². The second-order valence-electron chi connectivity index (χ2n) is 3.42. The molecule has 1 heterocycles. The van der Waals surface area contributed by atoms with Crippen LogP contribution in [-0.2, 0) is 6.42 Å². The Morgan fingerprint density at radius 2 is 2.06 bits per heavy atom. The maximum Gasteiger partial charge on any atom is 0.345 e. The number of hydrogen-bond donors (Lipinski definition) is 2. The normalized spacial score (nSPS) is 10.2. The lowest BCUT2D eigenvalue weighted by molar-refractivity contribution is 0.0702. The van der Waals surface area contributed by atoms with E-state index in [1.54, 1.807) is 30.3 Å². The van der Waals surface area contributed by atoms with Crippen LogP contribution in [0.4, 0.5) is 0 Å². The fourth-order valence-corrected chi connectivity index (χ4v) is 2.34. The van der Waals surface area contributed by atoms with E-state index in [4.69, 9.17) is 5.11 Å². The number of carboxylic acids is 1. The largest absolute Gasteiger partial charge is 0.508 e. The zero-order valence-corrected chi connectivity index (χ0v) is 9.20. The molecule has 2 N–H and O–H groups in total. The number of benzene rings is 1. The van der Waals surface area contributed by atoms with Gasteiger partial charge in [-0.05, 0) is 29.8 Å². The van der Waals surface area contributed by atoms with Crippen LogP contribution in [-0.4, -0.2) is 16.2 Å². The number of carboxylic acid groups (broad SMARTS) is 1. The number of aromatic carboxylic acids is 1. The number of carbonyl (C=O) groups is 1. The molecule has 0 saturated heterocycles. The molecule has 0 aliphatic carbocycles. The van der Waals surface area contributed by atoms with Gasteiger partial charge in [0.1, 0.15) is 10.6 Å². The highest BCUT2D eigenvalue weighted by atomic mass is 32.1. The summed E-state index contributed by atoms with van der Waals surface area (Å²) in [4.78, 5) is 12.0. The predicted octanol–water partition coefficient (Wildman–Crippen LogP) is 2.74. The molecule has 0 saturated carbocycles. The topological polar surface area (TPSA) is 57.5 Å². The van der Waals surface area contributed by atoms with Crippen molar-refractivity contribution in [3.8, 4) is 5.75 Å². The van der Waals surface area contributed by atoms with E-state index in [9.17, 15) is 9.90 Å². The van der Waals surface area contributed by atoms with Crippen LogP contribution in [0.2, 0.25) is 0 Å². The summed E-state index contributed by atoms with van der Waals surface area (Å²) >= 11 is 1.26. The molecule has 0 spiro atoms. The van der Waals surface area contributed by atoms with Gasteiger partial charge in [0.2, 0.25) is 0 Å². The van der Waals surface area contributed by atoms with Crippen LogP contribution in [0.25, 0.3) is 0 Å². The Labute approximate surface area is 96.6 Å². The van der Waals surface area contributed by atoms with Crippen LogP contribution in [0.3, 0.4) is 0 Å². The maximum absolute atomic E-state index is 10.7. The Morgan fingerprint density at radius 1 is 1.25 bits per heavy atom. The van der Waals surface area contributed by atoms with Gasteiger partial charge in [-0.3, -0.25) is 0 Å². The van der Waals surface area contributed by atoms with Crippen LogP contribution < -0.4 is 0 Å². The summed E-state index contributed by atoms with van der Waals surface area (Å²) < 4.78 is 0. The first kappa shape index (κ1) is 10.7. The first-order valence-electron chi connectivity index (χ1n) is 4.75. The van der Waals surface area contributed by atoms with Gasteiger partial charge in [0.25, 0.3) is 0 Å². The van der Waals surface area contributed by atoms with Crippen molar-refractivity contribution < 1.29 is 15.0 Å². The van der Waals surface area contributed by atoms with E-state index in [-0.39, 0.29) is 5.75 Å². The Morgan fingerprint density at radius 3 is 2.69 bits per heavy atom. The van der Waals surface area contributed by atoms with Gasteiger partial charge in [0.05, 0.1) is 0 Å². The molecule has 0 radical (unpaired) electrons. The molecule has 0 atom stereocenters. The summed E-state index contributed by atoms with van der Waals surface area (Å²) in [5.41, 5.74) is 0.971. The summed E-state index contributed by atoms with van der Waals surface area (Å²) in [5, 5.41) is 18.1. The van der Waals surface area contributed by atoms with Crippen LogP contribution in [0.5, 0.6) is 5.75 Å². The van der Waals surface area contributed by atoms with Crippen molar-refractivity contribution in [1.82, 2.24) is 0 Å². The van der Waals surface area contributed by atoms with Gasteiger partial charge >= 0.3 is 5.97 Å². The molecule has 2 aromatic rings. The summed E-state index contributed by atoms with van der Waals surface area (Å²) in [6.07, 6.45) is 0.645. The van der Waals surface area contributed by atoms with Gasteiger partial charge in [-0.25, -0.2) is 4.79 Å². The Hall–Kier alpha value is -1.81. The minimum atomic E-state index is -0.896. The van der Waals surface area contributed by atoms with Crippen molar-refractivity contribution in [2.75, 3.05) is 0 Å². The van der Waals surface area contributed by atoms with Gasteiger partial charge in [-0.15, -0.1) is 11.3 Å². The molecular weight excluding hydrogens is 224 g/mol. The number of hydrogen-bond acceptors (Lipinski definition) is 3. The molecule has 0 fully saturated rings. The molecule has 4 heteroatoms. The predicted molar refractivity (Wildman–Crippen MR) is 62.2 cm³/mol. The van der Waals surface area contributed by atoms with Crippen molar-refractivity contribution in [3.63, 3.8) is 0 Å². The monoisotopic (exact) mass is 234 g/mol. The highest BCUT2D eigenvalue weighted by Gasteiger charge is 2.07. The average Bonchev–Trinajstić information content (AvgIpc) is 2.66. The molecule has 0 aliphatic rings. The smallest absolute Gasteiger partial charge is 0.345 e.